The van der Waals surface area contributed by atoms with Crippen molar-refractivity contribution in [3.63, 3.8) is 0 Å². The van der Waals surface area contributed by atoms with Gasteiger partial charge in [0.15, 0.2) is 0 Å². The average Bonchev–Trinajstić information content (AvgIpc) is 2.48. The number of rotatable bonds is 7. The Balaban J connectivity index is 2.09. The number of sulfonamides is 1. The quantitative estimate of drug-likeness (QED) is 0.805. The van der Waals surface area contributed by atoms with Crippen LogP contribution in [0.25, 0.3) is 10.9 Å². The number of hydrogen-bond donors (Lipinski definition) is 1. The van der Waals surface area contributed by atoms with Gasteiger partial charge >= 0.3 is 0 Å². The minimum Gasteiger partial charge on any atom is -0.267 e. The summed E-state index contributed by atoms with van der Waals surface area (Å²) in [5.74, 6) is -0.489. The van der Waals surface area contributed by atoms with Crippen molar-refractivity contribution in [2.45, 2.75) is 26.3 Å². The molecule has 120 valence electrons. The zero-order valence-electron chi connectivity index (χ0n) is 12.1. The smallest absolute Gasteiger partial charge is 0.267 e. The van der Waals surface area contributed by atoms with Gasteiger partial charge in [-0.05, 0) is 24.6 Å². The van der Waals surface area contributed by atoms with E-state index in [1.165, 1.54) is 12.1 Å². The lowest BCUT2D eigenvalue weighted by molar-refractivity contribution is 0.530. The van der Waals surface area contributed by atoms with Crippen LogP contribution in [-0.2, 0) is 16.6 Å². The molecule has 0 saturated carbocycles. The molecule has 0 fully saturated rings. The highest BCUT2D eigenvalue weighted by molar-refractivity contribution is 7.89. The van der Waals surface area contributed by atoms with Gasteiger partial charge < -0.3 is 0 Å². The molecule has 0 radical (unpaired) electrons. The Morgan fingerprint density at radius 2 is 2.14 bits per heavy atom. The summed E-state index contributed by atoms with van der Waals surface area (Å²) in [5, 5.41) is 7.65. The van der Waals surface area contributed by atoms with E-state index < -0.39 is 21.4 Å². The van der Waals surface area contributed by atoms with Gasteiger partial charge in [0.1, 0.15) is 11.3 Å². The molecule has 22 heavy (non-hydrogen) atoms. The average molecular weight is 328 g/mol. The van der Waals surface area contributed by atoms with E-state index >= 15 is 0 Å². The number of nitrogens with one attached hydrogen (secondary N) is 1. The Morgan fingerprint density at radius 1 is 1.36 bits per heavy atom. The Morgan fingerprint density at radius 3 is 2.86 bits per heavy atom. The van der Waals surface area contributed by atoms with Gasteiger partial charge in [0, 0.05) is 6.54 Å². The first-order chi connectivity index (χ1) is 10.4. The molecular formula is C13H17FN4O3S. The fraction of sp³-hybridized carbons (Fsp3) is 0.462. The van der Waals surface area contributed by atoms with Crippen molar-refractivity contribution in [1.29, 1.82) is 0 Å². The molecule has 9 heteroatoms. The fourth-order valence-corrected chi connectivity index (χ4v) is 3.12. The number of hydrogen-bond acceptors (Lipinski definition) is 5. The summed E-state index contributed by atoms with van der Waals surface area (Å²) in [7, 11) is -3.35. The van der Waals surface area contributed by atoms with Crippen LogP contribution < -0.4 is 10.3 Å². The van der Waals surface area contributed by atoms with E-state index in [-0.39, 0.29) is 24.2 Å². The highest BCUT2D eigenvalue weighted by atomic mass is 32.2. The summed E-state index contributed by atoms with van der Waals surface area (Å²) in [6.45, 7) is 1.96. The first kappa shape index (κ1) is 16.5. The molecule has 1 N–H and O–H groups in total. The molecular weight excluding hydrogens is 311 g/mol. The van der Waals surface area contributed by atoms with Gasteiger partial charge in [-0.25, -0.2) is 22.2 Å². The summed E-state index contributed by atoms with van der Waals surface area (Å²) in [6, 6.07) is 3.66. The molecule has 1 aromatic heterocycles. The van der Waals surface area contributed by atoms with Gasteiger partial charge in [-0.15, -0.1) is 5.10 Å². The zero-order chi connectivity index (χ0) is 16.2. The second kappa shape index (κ2) is 6.93. The molecule has 1 heterocycles. The third kappa shape index (κ3) is 4.08. The number of benzene rings is 1. The number of fused-ring (bicyclic) bond motifs is 1. The van der Waals surface area contributed by atoms with E-state index in [9.17, 15) is 17.6 Å². The van der Waals surface area contributed by atoms with Crippen molar-refractivity contribution in [1.82, 2.24) is 19.7 Å². The number of aromatic nitrogens is 3. The summed E-state index contributed by atoms with van der Waals surface area (Å²) < 4.78 is 39.9. The third-order valence-electron chi connectivity index (χ3n) is 3.10. The van der Waals surface area contributed by atoms with Gasteiger partial charge in [0.05, 0.1) is 17.7 Å². The summed E-state index contributed by atoms with van der Waals surface area (Å²) >= 11 is 0. The largest absolute Gasteiger partial charge is 0.277 e. The third-order valence-corrected chi connectivity index (χ3v) is 4.57. The molecule has 0 saturated heterocycles. The fourth-order valence-electron chi connectivity index (χ4n) is 1.91. The monoisotopic (exact) mass is 328 g/mol. The molecule has 2 rings (SSSR count). The molecule has 1 aromatic carbocycles. The van der Waals surface area contributed by atoms with Crippen LogP contribution in [0.4, 0.5) is 4.39 Å². The first-order valence-corrected chi connectivity index (χ1v) is 8.58. The van der Waals surface area contributed by atoms with Crippen LogP contribution in [-0.4, -0.2) is 35.7 Å². The number of nitrogens with zero attached hydrogens (tertiary/aromatic N) is 3. The molecule has 0 aliphatic rings. The van der Waals surface area contributed by atoms with Crippen molar-refractivity contribution in [2.24, 2.45) is 0 Å². The lowest BCUT2D eigenvalue weighted by Crippen LogP contribution is -2.33. The molecule has 2 aromatic rings. The Bertz CT molecular complexity index is 820. The predicted molar refractivity (Wildman–Crippen MR) is 80.5 cm³/mol. The summed E-state index contributed by atoms with van der Waals surface area (Å²) in [5.41, 5.74) is -0.205. The van der Waals surface area contributed by atoms with Gasteiger partial charge in [0.25, 0.3) is 5.56 Å². The van der Waals surface area contributed by atoms with Crippen LogP contribution >= 0.6 is 0 Å². The maximum Gasteiger partial charge on any atom is 0.277 e. The molecule has 0 amide bonds. The maximum atomic E-state index is 13.2. The van der Waals surface area contributed by atoms with Crippen molar-refractivity contribution in [3.8, 4) is 0 Å². The van der Waals surface area contributed by atoms with Crippen molar-refractivity contribution >= 4 is 20.9 Å². The van der Waals surface area contributed by atoms with E-state index in [2.05, 4.69) is 15.0 Å². The Hall–Kier alpha value is -1.87. The second-order valence-electron chi connectivity index (χ2n) is 4.85. The van der Waals surface area contributed by atoms with Gasteiger partial charge in [-0.3, -0.25) is 4.79 Å². The van der Waals surface area contributed by atoms with Gasteiger partial charge in [0.2, 0.25) is 10.0 Å². The van der Waals surface area contributed by atoms with E-state index in [1.54, 1.807) is 0 Å². The van der Waals surface area contributed by atoms with Crippen molar-refractivity contribution < 1.29 is 12.8 Å². The lowest BCUT2D eigenvalue weighted by atomic mass is 10.2. The minimum atomic E-state index is -3.35. The molecule has 7 nitrogen and oxygen atoms in total. The molecule has 0 aliphatic heterocycles. The normalized spacial score (nSPS) is 11.9. The van der Waals surface area contributed by atoms with E-state index in [1.807, 2.05) is 6.92 Å². The second-order valence-corrected chi connectivity index (χ2v) is 6.77. The zero-order valence-corrected chi connectivity index (χ0v) is 12.9. The van der Waals surface area contributed by atoms with Crippen molar-refractivity contribution in [3.05, 3.63) is 34.4 Å². The van der Waals surface area contributed by atoms with E-state index in [0.717, 1.165) is 17.2 Å². The van der Waals surface area contributed by atoms with Crippen LogP contribution in [0.1, 0.15) is 19.8 Å². The summed E-state index contributed by atoms with van der Waals surface area (Å²) in [4.78, 5) is 12.1. The van der Waals surface area contributed by atoms with Crippen LogP contribution in [0.2, 0.25) is 0 Å². The predicted octanol–water partition coefficient (Wildman–Crippen LogP) is 0.650. The molecule has 0 unspecified atom stereocenters. The van der Waals surface area contributed by atoms with Gasteiger partial charge in [-0.1, -0.05) is 18.6 Å². The topological polar surface area (TPSA) is 93.9 Å². The van der Waals surface area contributed by atoms with Gasteiger partial charge in [-0.2, -0.15) is 0 Å². The van der Waals surface area contributed by atoms with Crippen LogP contribution in [0, 0.1) is 5.82 Å². The van der Waals surface area contributed by atoms with Crippen LogP contribution in [0.5, 0.6) is 0 Å². The molecule has 0 spiro atoms. The van der Waals surface area contributed by atoms with Crippen LogP contribution in [0.15, 0.2) is 23.0 Å². The molecule has 0 bridgehead atoms. The Labute approximate surface area is 127 Å². The van der Waals surface area contributed by atoms with E-state index in [0.29, 0.717) is 11.9 Å². The number of unbranched alkanes of at least 4 members (excludes halogenated alkanes) is 1. The highest BCUT2D eigenvalue weighted by Crippen LogP contribution is 2.07. The SMILES string of the molecule is CCCCS(=O)(=O)NCCn1nnc2ccc(F)cc2c1=O. The Kier molecular flexibility index (Phi) is 5.19. The lowest BCUT2D eigenvalue weighted by Gasteiger charge is -2.07. The standard InChI is InChI=1S/C13H17FN4O3S/c1-2-3-8-22(20,21)15-6-7-18-13(19)11-9-10(14)4-5-12(11)16-17-18/h4-5,9,15H,2-3,6-8H2,1H3. The first-order valence-electron chi connectivity index (χ1n) is 6.93. The van der Waals surface area contributed by atoms with Crippen LogP contribution in [0.3, 0.4) is 0 Å². The number of halogens is 1. The highest BCUT2D eigenvalue weighted by Gasteiger charge is 2.10. The molecule has 0 atom stereocenters. The molecule has 0 aliphatic carbocycles. The van der Waals surface area contributed by atoms with Crippen molar-refractivity contribution in [2.75, 3.05) is 12.3 Å². The van der Waals surface area contributed by atoms with E-state index in [4.69, 9.17) is 0 Å². The minimum absolute atomic E-state index is 0.0292. The summed E-state index contributed by atoms with van der Waals surface area (Å²) in [6.07, 6.45) is 1.35. The maximum absolute atomic E-state index is 13.2.